The van der Waals surface area contributed by atoms with E-state index in [1.54, 1.807) is 0 Å². The van der Waals surface area contributed by atoms with Crippen molar-refractivity contribution in [3.05, 3.63) is 35.4 Å². The molecule has 1 aromatic rings. The van der Waals surface area contributed by atoms with E-state index in [0.29, 0.717) is 12.3 Å². The Balaban J connectivity index is 1.56. The first-order valence-corrected chi connectivity index (χ1v) is 7.73. The lowest BCUT2D eigenvalue weighted by molar-refractivity contribution is -0.122. The van der Waals surface area contributed by atoms with Gasteiger partial charge in [0.05, 0.1) is 0 Å². The van der Waals surface area contributed by atoms with Crippen molar-refractivity contribution >= 4 is 5.91 Å². The van der Waals surface area contributed by atoms with Crippen molar-refractivity contribution in [2.24, 2.45) is 5.92 Å². The third-order valence-corrected chi connectivity index (χ3v) is 4.68. The smallest absolute Gasteiger partial charge is 0.220 e. The highest BCUT2D eigenvalue weighted by molar-refractivity contribution is 5.77. The van der Waals surface area contributed by atoms with E-state index in [9.17, 15) is 4.79 Å². The largest absolute Gasteiger partial charge is 0.350 e. The van der Waals surface area contributed by atoms with E-state index in [2.05, 4.69) is 41.8 Å². The summed E-state index contributed by atoms with van der Waals surface area (Å²) in [5.74, 6) is 0.772. The van der Waals surface area contributed by atoms with Gasteiger partial charge in [0.25, 0.3) is 0 Å². The van der Waals surface area contributed by atoms with Crippen LogP contribution in [0.5, 0.6) is 0 Å². The van der Waals surface area contributed by atoms with E-state index in [4.69, 9.17) is 0 Å². The Morgan fingerprint density at radius 3 is 2.85 bits per heavy atom. The van der Waals surface area contributed by atoms with Crippen LogP contribution in [-0.4, -0.2) is 24.5 Å². The minimum Gasteiger partial charge on any atom is -0.350 e. The summed E-state index contributed by atoms with van der Waals surface area (Å²) in [6.45, 7) is 4.21. The van der Waals surface area contributed by atoms with Gasteiger partial charge in [0.15, 0.2) is 0 Å². The SMILES string of the molecule is Cc1ccccc1CC1(NC(=O)CC2CCNC2)CC1. The maximum atomic E-state index is 12.2. The number of benzene rings is 1. The molecule has 3 nitrogen and oxygen atoms in total. The number of carbonyl (C=O) groups is 1. The Morgan fingerprint density at radius 2 is 2.20 bits per heavy atom. The van der Waals surface area contributed by atoms with Crippen LogP contribution in [0.1, 0.15) is 36.8 Å². The van der Waals surface area contributed by atoms with Gasteiger partial charge in [0, 0.05) is 12.0 Å². The molecule has 3 rings (SSSR count). The van der Waals surface area contributed by atoms with Gasteiger partial charge in [-0.2, -0.15) is 0 Å². The van der Waals surface area contributed by atoms with Crippen molar-refractivity contribution in [1.82, 2.24) is 10.6 Å². The van der Waals surface area contributed by atoms with Crippen molar-refractivity contribution in [2.45, 2.75) is 44.6 Å². The zero-order chi connectivity index (χ0) is 14.0. The van der Waals surface area contributed by atoms with Crippen molar-refractivity contribution in [3.8, 4) is 0 Å². The molecule has 1 aliphatic heterocycles. The number of hydrogen-bond donors (Lipinski definition) is 2. The molecule has 1 saturated heterocycles. The van der Waals surface area contributed by atoms with Crippen LogP contribution in [0.25, 0.3) is 0 Å². The molecule has 108 valence electrons. The van der Waals surface area contributed by atoms with E-state index >= 15 is 0 Å². The molecule has 1 atom stereocenters. The van der Waals surface area contributed by atoms with Crippen LogP contribution in [-0.2, 0) is 11.2 Å². The first-order chi connectivity index (χ1) is 9.67. The molecule has 2 fully saturated rings. The quantitative estimate of drug-likeness (QED) is 0.862. The van der Waals surface area contributed by atoms with Gasteiger partial charge in [-0.25, -0.2) is 0 Å². The highest BCUT2D eigenvalue weighted by Gasteiger charge is 2.44. The predicted molar refractivity (Wildman–Crippen MR) is 80.6 cm³/mol. The van der Waals surface area contributed by atoms with Gasteiger partial charge in [-0.15, -0.1) is 0 Å². The fourth-order valence-electron chi connectivity index (χ4n) is 3.17. The summed E-state index contributed by atoms with van der Waals surface area (Å²) in [6, 6.07) is 8.49. The molecule has 1 saturated carbocycles. The Morgan fingerprint density at radius 1 is 1.40 bits per heavy atom. The molecule has 3 heteroatoms. The predicted octanol–water partition coefficient (Wildman–Crippen LogP) is 2.19. The number of nitrogens with one attached hydrogen (secondary N) is 2. The second kappa shape index (κ2) is 5.57. The molecule has 0 aromatic heterocycles. The lowest BCUT2D eigenvalue weighted by Gasteiger charge is -2.20. The maximum Gasteiger partial charge on any atom is 0.220 e. The summed E-state index contributed by atoms with van der Waals surface area (Å²) in [5.41, 5.74) is 2.75. The normalized spacial score (nSPS) is 23.6. The number of hydrogen-bond acceptors (Lipinski definition) is 2. The van der Waals surface area contributed by atoms with E-state index in [-0.39, 0.29) is 11.4 Å². The third kappa shape index (κ3) is 3.21. The van der Waals surface area contributed by atoms with Crippen LogP contribution in [0, 0.1) is 12.8 Å². The average molecular weight is 272 g/mol. The van der Waals surface area contributed by atoms with Gasteiger partial charge >= 0.3 is 0 Å². The molecular formula is C17H24N2O. The maximum absolute atomic E-state index is 12.2. The van der Waals surface area contributed by atoms with E-state index in [1.165, 1.54) is 11.1 Å². The molecule has 0 spiro atoms. The van der Waals surface area contributed by atoms with Gasteiger partial charge in [0.1, 0.15) is 0 Å². The first kappa shape index (κ1) is 13.6. The summed E-state index contributed by atoms with van der Waals surface area (Å²) in [4.78, 5) is 12.2. The lowest BCUT2D eigenvalue weighted by Crippen LogP contribution is -2.39. The zero-order valence-electron chi connectivity index (χ0n) is 12.2. The molecule has 1 aromatic carbocycles. The molecule has 2 N–H and O–H groups in total. The summed E-state index contributed by atoms with van der Waals surface area (Å²) < 4.78 is 0. The Hall–Kier alpha value is -1.35. The second-order valence-electron chi connectivity index (χ2n) is 6.49. The van der Waals surface area contributed by atoms with Crippen LogP contribution in [0.15, 0.2) is 24.3 Å². The molecule has 1 heterocycles. The molecule has 20 heavy (non-hydrogen) atoms. The van der Waals surface area contributed by atoms with Crippen molar-refractivity contribution in [3.63, 3.8) is 0 Å². The third-order valence-electron chi connectivity index (χ3n) is 4.68. The summed E-state index contributed by atoms with van der Waals surface area (Å²) in [7, 11) is 0. The van der Waals surface area contributed by atoms with Crippen LogP contribution in [0.2, 0.25) is 0 Å². The minimum atomic E-state index is 0.0508. The second-order valence-corrected chi connectivity index (χ2v) is 6.49. The molecule has 2 aliphatic rings. The molecular weight excluding hydrogens is 248 g/mol. The fourth-order valence-corrected chi connectivity index (χ4v) is 3.17. The van der Waals surface area contributed by atoms with Gasteiger partial charge in [-0.1, -0.05) is 24.3 Å². The average Bonchev–Trinajstić information content (AvgIpc) is 2.96. The van der Waals surface area contributed by atoms with Gasteiger partial charge < -0.3 is 10.6 Å². The highest BCUT2D eigenvalue weighted by Crippen LogP contribution is 2.39. The first-order valence-electron chi connectivity index (χ1n) is 7.73. The minimum absolute atomic E-state index is 0.0508. The fraction of sp³-hybridized carbons (Fsp3) is 0.588. The van der Waals surface area contributed by atoms with Crippen LogP contribution in [0.4, 0.5) is 0 Å². The molecule has 1 unspecified atom stereocenters. The molecule has 0 bridgehead atoms. The molecule has 0 radical (unpaired) electrons. The van der Waals surface area contributed by atoms with E-state index < -0.39 is 0 Å². The molecule has 1 aliphatic carbocycles. The standard InChI is InChI=1S/C17H24N2O/c1-13-4-2-3-5-15(13)11-17(7-8-17)19-16(20)10-14-6-9-18-12-14/h2-5,14,18H,6-12H2,1H3,(H,19,20). The lowest BCUT2D eigenvalue weighted by atomic mass is 9.98. The Bertz CT molecular complexity index is 488. The number of carbonyl (C=O) groups excluding carboxylic acids is 1. The van der Waals surface area contributed by atoms with Gasteiger partial charge in [-0.3, -0.25) is 4.79 Å². The monoisotopic (exact) mass is 272 g/mol. The van der Waals surface area contributed by atoms with Crippen molar-refractivity contribution < 1.29 is 4.79 Å². The Kier molecular flexibility index (Phi) is 3.79. The highest BCUT2D eigenvalue weighted by atomic mass is 16.1. The topological polar surface area (TPSA) is 41.1 Å². The van der Waals surface area contributed by atoms with E-state index in [1.807, 2.05) is 0 Å². The Labute approximate surface area is 121 Å². The summed E-state index contributed by atoms with van der Waals surface area (Å²) in [6.07, 6.45) is 5.04. The summed E-state index contributed by atoms with van der Waals surface area (Å²) in [5, 5.41) is 6.63. The number of aryl methyl sites for hydroxylation is 1. The van der Waals surface area contributed by atoms with Crippen molar-refractivity contribution in [2.75, 3.05) is 13.1 Å². The number of rotatable bonds is 5. The summed E-state index contributed by atoms with van der Waals surface area (Å²) >= 11 is 0. The van der Waals surface area contributed by atoms with Crippen LogP contribution >= 0.6 is 0 Å². The molecule has 1 amide bonds. The van der Waals surface area contributed by atoms with E-state index in [0.717, 1.165) is 38.8 Å². The zero-order valence-corrected chi connectivity index (χ0v) is 12.2. The van der Waals surface area contributed by atoms with Crippen LogP contribution in [0.3, 0.4) is 0 Å². The number of amides is 1. The van der Waals surface area contributed by atoms with Crippen molar-refractivity contribution in [1.29, 1.82) is 0 Å². The van der Waals surface area contributed by atoms with Crippen LogP contribution < -0.4 is 10.6 Å². The van der Waals surface area contributed by atoms with Gasteiger partial charge in [-0.05, 0) is 62.7 Å². The van der Waals surface area contributed by atoms with Gasteiger partial charge in [0.2, 0.25) is 5.91 Å².